The maximum Gasteiger partial charge on any atom is 0.331 e. The summed E-state index contributed by atoms with van der Waals surface area (Å²) < 4.78 is 5.12. The van der Waals surface area contributed by atoms with Crippen LogP contribution in [0.5, 0.6) is 0 Å². The van der Waals surface area contributed by atoms with Gasteiger partial charge in [-0.15, -0.1) is 11.3 Å². The number of barbiturate groups is 1. The highest BCUT2D eigenvalue weighted by Crippen LogP contribution is 2.19. The lowest BCUT2D eigenvalue weighted by molar-refractivity contribution is -0.130. The van der Waals surface area contributed by atoms with Gasteiger partial charge < -0.3 is 4.42 Å². The first-order valence-electron chi connectivity index (χ1n) is 6.10. The molecule has 1 N–H and O–H groups in total. The molecule has 0 unspecified atom stereocenters. The summed E-state index contributed by atoms with van der Waals surface area (Å²) >= 11 is 1.40. The van der Waals surface area contributed by atoms with Crippen LogP contribution in [-0.2, 0) is 16.1 Å². The second-order valence-corrected chi connectivity index (χ2v) is 5.28. The number of nitrogens with zero attached hydrogens (tertiary/aromatic N) is 1. The maximum atomic E-state index is 12.3. The maximum absolute atomic E-state index is 12.3. The highest BCUT2D eigenvalue weighted by molar-refractivity contribution is 7.10. The van der Waals surface area contributed by atoms with E-state index in [-0.39, 0.29) is 12.1 Å². The molecule has 2 aromatic rings. The van der Waals surface area contributed by atoms with E-state index in [1.165, 1.54) is 23.7 Å². The second kappa shape index (κ2) is 5.37. The van der Waals surface area contributed by atoms with E-state index in [1.54, 1.807) is 18.2 Å². The minimum atomic E-state index is -0.746. The highest BCUT2D eigenvalue weighted by atomic mass is 32.1. The molecule has 2 aromatic heterocycles. The number of rotatable bonds is 3. The summed E-state index contributed by atoms with van der Waals surface area (Å²) in [6.07, 6.45) is 2.93. The summed E-state index contributed by atoms with van der Waals surface area (Å²) in [6, 6.07) is 6.17. The summed E-state index contributed by atoms with van der Waals surface area (Å²) in [5, 5.41) is 3.99. The zero-order valence-electron chi connectivity index (χ0n) is 10.7. The van der Waals surface area contributed by atoms with Gasteiger partial charge in [-0.05, 0) is 29.7 Å². The number of carbonyl (C=O) groups excluding carboxylic acids is 3. The van der Waals surface area contributed by atoms with Crippen molar-refractivity contribution in [3.8, 4) is 0 Å². The topological polar surface area (TPSA) is 79.6 Å². The molecule has 0 aromatic carbocycles. The third-order valence-corrected chi connectivity index (χ3v) is 3.73. The molecule has 4 amide bonds. The zero-order valence-corrected chi connectivity index (χ0v) is 11.6. The van der Waals surface area contributed by atoms with Crippen molar-refractivity contribution in [1.29, 1.82) is 0 Å². The normalized spacial score (nSPS) is 17.4. The van der Waals surface area contributed by atoms with E-state index in [0.717, 1.165) is 9.78 Å². The van der Waals surface area contributed by atoms with E-state index in [0.29, 0.717) is 5.76 Å². The van der Waals surface area contributed by atoms with Gasteiger partial charge in [0.05, 0.1) is 12.8 Å². The minimum absolute atomic E-state index is 0.0211. The van der Waals surface area contributed by atoms with Crippen LogP contribution in [0.1, 0.15) is 10.6 Å². The van der Waals surface area contributed by atoms with Gasteiger partial charge >= 0.3 is 6.03 Å². The van der Waals surface area contributed by atoms with Crippen LogP contribution in [0.4, 0.5) is 4.79 Å². The van der Waals surface area contributed by atoms with Crippen LogP contribution >= 0.6 is 11.3 Å². The fourth-order valence-corrected chi connectivity index (χ4v) is 2.57. The molecule has 0 saturated carbocycles. The van der Waals surface area contributed by atoms with Crippen LogP contribution in [0.2, 0.25) is 0 Å². The Morgan fingerprint density at radius 3 is 2.76 bits per heavy atom. The van der Waals surface area contributed by atoms with E-state index in [9.17, 15) is 14.4 Å². The van der Waals surface area contributed by atoms with Gasteiger partial charge in [-0.1, -0.05) is 6.07 Å². The number of carbonyl (C=O) groups is 3. The SMILES string of the molecule is O=C1NC(=O)N(Cc2ccco2)C(=O)C1=Cc1cccs1. The summed E-state index contributed by atoms with van der Waals surface area (Å²) in [4.78, 5) is 37.7. The van der Waals surface area contributed by atoms with Gasteiger partial charge in [-0.2, -0.15) is 0 Å². The van der Waals surface area contributed by atoms with E-state index >= 15 is 0 Å². The van der Waals surface area contributed by atoms with Gasteiger partial charge in [0.25, 0.3) is 11.8 Å². The van der Waals surface area contributed by atoms with E-state index in [4.69, 9.17) is 4.42 Å². The summed E-state index contributed by atoms with van der Waals surface area (Å²) in [6.45, 7) is -0.0211. The van der Waals surface area contributed by atoms with Crippen LogP contribution in [0, 0.1) is 0 Å². The molecule has 0 spiro atoms. The number of urea groups is 1. The van der Waals surface area contributed by atoms with Crippen molar-refractivity contribution in [3.63, 3.8) is 0 Å². The molecule has 106 valence electrons. The van der Waals surface area contributed by atoms with Crippen LogP contribution in [0.25, 0.3) is 6.08 Å². The van der Waals surface area contributed by atoms with Gasteiger partial charge in [-0.3, -0.25) is 19.8 Å². The predicted octanol–water partition coefficient (Wildman–Crippen LogP) is 2.00. The Morgan fingerprint density at radius 1 is 1.24 bits per heavy atom. The molecule has 3 rings (SSSR count). The number of thiophene rings is 1. The highest BCUT2D eigenvalue weighted by Gasteiger charge is 2.36. The van der Waals surface area contributed by atoms with Crippen molar-refractivity contribution < 1.29 is 18.8 Å². The van der Waals surface area contributed by atoms with Gasteiger partial charge in [0.2, 0.25) is 0 Å². The first kappa shape index (κ1) is 13.3. The van der Waals surface area contributed by atoms with E-state index in [1.807, 2.05) is 11.4 Å². The van der Waals surface area contributed by atoms with Gasteiger partial charge in [-0.25, -0.2) is 4.79 Å². The van der Waals surface area contributed by atoms with Crippen LogP contribution in [0.3, 0.4) is 0 Å². The fourth-order valence-electron chi connectivity index (χ4n) is 1.91. The van der Waals surface area contributed by atoms with Gasteiger partial charge in [0.15, 0.2) is 0 Å². The average molecular weight is 302 g/mol. The number of hydrogen-bond donors (Lipinski definition) is 1. The van der Waals surface area contributed by atoms with Crippen molar-refractivity contribution in [2.75, 3.05) is 0 Å². The number of hydrogen-bond acceptors (Lipinski definition) is 5. The quantitative estimate of drug-likeness (QED) is 0.694. The Bertz CT molecular complexity index is 716. The van der Waals surface area contributed by atoms with Gasteiger partial charge in [0.1, 0.15) is 11.3 Å². The Balaban J connectivity index is 1.90. The van der Waals surface area contributed by atoms with Crippen LogP contribution in [0.15, 0.2) is 45.9 Å². The Hall–Kier alpha value is -2.67. The molecule has 1 saturated heterocycles. The first-order valence-corrected chi connectivity index (χ1v) is 6.98. The summed E-state index contributed by atoms with van der Waals surface area (Å²) in [5.41, 5.74) is -0.0661. The molecule has 1 fully saturated rings. The van der Waals surface area contributed by atoms with Crippen molar-refractivity contribution in [1.82, 2.24) is 10.2 Å². The molecule has 3 heterocycles. The number of amides is 4. The van der Waals surface area contributed by atoms with Crippen molar-refractivity contribution in [2.45, 2.75) is 6.54 Å². The average Bonchev–Trinajstić information content (AvgIpc) is 3.13. The molecular formula is C14H10N2O4S. The van der Waals surface area contributed by atoms with Crippen LogP contribution < -0.4 is 5.32 Å². The van der Waals surface area contributed by atoms with Gasteiger partial charge in [0, 0.05) is 4.88 Å². The first-order chi connectivity index (χ1) is 10.1. The molecule has 0 atom stereocenters. The largest absolute Gasteiger partial charge is 0.467 e. The second-order valence-electron chi connectivity index (χ2n) is 4.30. The third-order valence-electron chi connectivity index (χ3n) is 2.91. The lowest BCUT2D eigenvalue weighted by Gasteiger charge is -2.25. The van der Waals surface area contributed by atoms with Crippen molar-refractivity contribution in [2.24, 2.45) is 0 Å². The summed E-state index contributed by atoms with van der Waals surface area (Å²) in [7, 11) is 0. The fraction of sp³-hybridized carbons (Fsp3) is 0.0714. The molecular weight excluding hydrogens is 292 g/mol. The minimum Gasteiger partial charge on any atom is -0.467 e. The molecule has 0 bridgehead atoms. The molecule has 0 radical (unpaired) electrons. The number of nitrogens with one attached hydrogen (secondary N) is 1. The zero-order chi connectivity index (χ0) is 14.8. The van der Waals surface area contributed by atoms with E-state index in [2.05, 4.69) is 5.32 Å². The van der Waals surface area contributed by atoms with Crippen molar-refractivity contribution in [3.05, 3.63) is 52.1 Å². The molecule has 7 heteroatoms. The van der Waals surface area contributed by atoms with E-state index < -0.39 is 17.8 Å². The lowest BCUT2D eigenvalue weighted by atomic mass is 10.1. The molecule has 6 nitrogen and oxygen atoms in total. The predicted molar refractivity (Wildman–Crippen MR) is 75.1 cm³/mol. The third kappa shape index (κ3) is 2.63. The molecule has 21 heavy (non-hydrogen) atoms. The Labute approximate surface area is 123 Å². The Morgan fingerprint density at radius 2 is 2.10 bits per heavy atom. The number of furan rings is 1. The van der Waals surface area contributed by atoms with Crippen LogP contribution in [-0.4, -0.2) is 22.7 Å². The molecule has 1 aliphatic rings. The Kier molecular flexibility index (Phi) is 3.41. The smallest absolute Gasteiger partial charge is 0.331 e. The number of imide groups is 2. The van der Waals surface area contributed by atoms with Crippen molar-refractivity contribution >= 4 is 35.3 Å². The molecule has 0 aliphatic carbocycles. The lowest BCUT2D eigenvalue weighted by Crippen LogP contribution is -2.53. The molecule has 1 aliphatic heterocycles. The standard InChI is InChI=1S/C14H10N2O4S/c17-12-11(7-10-4-2-6-21-10)13(18)16(14(19)15-12)8-9-3-1-5-20-9/h1-7H,8H2,(H,15,17,19). The summed E-state index contributed by atoms with van der Waals surface area (Å²) in [5.74, 6) is -0.856. The monoisotopic (exact) mass is 302 g/mol.